The van der Waals surface area contributed by atoms with E-state index in [1.165, 1.54) is 14.6 Å². The van der Waals surface area contributed by atoms with Crippen LogP contribution in [0, 0.1) is 0 Å². The summed E-state index contributed by atoms with van der Waals surface area (Å²) in [6.07, 6.45) is 0. The average molecular weight is 407 g/mol. The molecule has 0 aromatic heterocycles. The van der Waals surface area contributed by atoms with E-state index in [0.717, 1.165) is 0 Å². The van der Waals surface area contributed by atoms with Crippen LogP contribution in [0.15, 0.2) is 33.9 Å². The number of hydrogen-bond acceptors (Lipinski definition) is 2. The van der Waals surface area contributed by atoms with Crippen LogP contribution in [0.2, 0.25) is 14.8 Å². The molecule has 1 aliphatic heterocycles. The van der Waals surface area contributed by atoms with Gasteiger partial charge >= 0.3 is 140 Å². The van der Waals surface area contributed by atoms with Crippen LogP contribution in [0.4, 0.5) is 0 Å². The molecule has 0 spiro atoms. The summed E-state index contributed by atoms with van der Waals surface area (Å²) in [7, 11) is -0.275. The molecule has 1 heterocycles. The molecule has 1 aromatic rings. The Kier molecular flexibility index (Phi) is 4.92. The molecule has 0 atom stereocenters. The van der Waals surface area contributed by atoms with Gasteiger partial charge in [-0.15, -0.1) is 0 Å². The van der Waals surface area contributed by atoms with E-state index in [9.17, 15) is 0 Å². The minimum absolute atomic E-state index is 0.275. The van der Waals surface area contributed by atoms with E-state index >= 15 is 0 Å². The number of rotatable bonds is 3. The van der Waals surface area contributed by atoms with Crippen molar-refractivity contribution in [3.05, 3.63) is 39.5 Å². The Balaban J connectivity index is 2.54. The number of benzene rings is 1. The monoisotopic (exact) mass is 408 g/mol. The van der Waals surface area contributed by atoms with Crippen LogP contribution in [0.3, 0.4) is 0 Å². The van der Waals surface area contributed by atoms with E-state index in [4.69, 9.17) is 9.31 Å². The maximum atomic E-state index is 6.35. The van der Waals surface area contributed by atoms with Gasteiger partial charge in [-0.25, -0.2) is 0 Å². The Bertz CT molecular complexity index is 554. The molecule has 1 aliphatic rings. The summed E-state index contributed by atoms with van der Waals surface area (Å²) < 4.78 is 14.2. The van der Waals surface area contributed by atoms with E-state index in [0.29, 0.717) is 0 Å². The summed E-state index contributed by atoms with van der Waals surface area (Å²) in [6.45, 7) is 10.7. The average Bonchev–Trinajstić information content (AvgIpc) is 2.58. The molecule has 2 rings (SSSR count). The summed E-state index contributed by atoms with van der Waals surface area (Å²) in [4.78, 5) is 7.33. The topological polar surface area (TPSA) is 18.5 Å². The molecule has 1 saturated heterocycles. The molecule has 0 radical (unpaired) electrons. The number of allylic oxidation sites excluding steroid dienone is 1. The van der Waals surface area contributed by atoms with E-state index in [2.05, 4.69) is 79.8 Å². The van der Waals surface area contributed by atoms with Gasteiger partial charge in [0.1, 0.15) is 0 Å². The van der Waals surface area contributed by atoms with Gasteiger partial charge in [-0.2, -0.15) is 0 Å². The van der Waals surface area contributed by atoms with Gasteiger partial charge in [0.2, 0.25) is 0 Å². The Morgan fingerprint density at radius 2 is 1.36 bits per heavy atom. The van der Waals surface area contributed by atoms with Gasteiger partial charge in [0.25, 0.3) is 0 Å². The van der Waals surface area contributed by atoms with Crippen LogP contribution >= 0.6 is 0 Å². The molecular weight excluding hydrogens is 378 g/mol. The van der Waals surface area contributed by atoms with Gasteiger partial charge in [-0.3, -0.25) is 0 Å². The molecule has 1 fully saturated rings. The Hall–Kier alpha value is -0.256. The molecule has 120 valence electrons. The predicted octanol–water partition coefficient (Wildman–Crippen LogP) is 4.97. The van der Waals surface area contributed by atoms with E-state index in [1.54, 1.807) is 0 Å². The third-order valence-electron chi connectivity index (χ3n) is 5.10. The molecular formula is C18H29BO2Sn. The molecule has 2 nitrogen and oxygen atoms in total. The van der Waals surface area contributed by atoms with Crippen molar-refractivity contribution in [3.63, 3.8) is 0 Å². The molecule has 0 saturated carbocycles. The zero-order valence-corrected chi connectivity index (χ0v) is 18.1. The maximum absolute atomic E-state index is 6.35. The molecule has 1 aromatic carbocycles. The Labute approximate surface area is 140 Å². The molecule has 0 amide bonds. The third kappa shape index (κ3) is 3.46. The summed E-state index contributed by atoms with van der Waals surface area (Å²) in [5, 5.41) is 0. The third-order valence-corrected chi connectivity index (χ3v) is 12.3. The SMILES string of the molecule is C/[C](=C(/B1OC(C)(C)C(C)(C)O1)c1ccccc1)[Sn]([CH3])([CH3])[CH3]. The van der Waals surface area contributed by atoms with E-state index in [-0.39, 0.29) is 18.3 Å². The van der Waals surface area contributed by atoms with Crippen LogP contribution in [0.25, 0.3) is 5.47 Å². The quantitative estimate of drug-likeness (QED) is 0.660. The second-order valence-corrected chi connectivity index (χ2v) is 23.2. The van der Waals surface area contributed by atoms with Gasteiger partial charge in [-0.1, -0.05) is 0 Å². The fraction of sp³-hybridized carbons (Fsp3) is 0.556. The second kappa shape index (κ2) is 5.99. The van der Waals surface area contributed by atoms with Gasteiger partial charge in [0.15, 0.2) is 0 Å². The Morgan fingerprint density at radius 1 is 0.909 bits per heavy atom. The first-order valence-electron chi connectivity index (χ1n) is 8.08. The molecule has 4 heteroatoms. The van der Waals surface area contributed by atoms with E-state index in [1.807, 2.05) is 0 Å². The summed E-state index contributed by atoms with van der Waals surface area (Å²) in [5.41, 5.74) is 1.88. The van der Waals surface area contributed by atoms with Crippen molar-refractivity contribution in [2.45, 2.75) is 60.6 Å². The number of hydrogen-bond donors (Lipinski definition) is 0. The molecule has 22 heavy (non-hydrogen) atoms. The second-order valence-electron chi connectivity index (χ2n) is 8.24. The molecule has 0 N–H and O–H groups in total. The fourth-order valence-electron chi connectivity index (χ4n) is 2.51. The Morgan fingerprint density at radius 3 is 1.77 bits per heavy atom. The standard InChI is InChI=1S/C15H20BO2.3CH3.Sn/c1-6-13(12-10-8-7-9-11-12)16-17-14(2,3)15(4,5)18-16;;;;/h7-11H,1-5H3;3*1H3;. The fourth-order valence-corrected chi connectivity index (χ4v) is 5.57. The summed E-state index contributed by atoms with van der Waals surface area (Å²) in [5.74, 6) is 0. The zero-order chi connectivity index (χ0) is 16.8. The molecule has 0 bridgehead atoms. The van der Waals surface area contributed by atoms with Crippen LogP contribution in [-0.2, 0) is 9.31 Å². The first kappa shape index (κ1) is 18.1. The molecule has 0 unspecified atom stereocenters. The van der Waals surface area contributed by atoms with Crippen molar-refractivity contribution in [3.8, 4) is 0 Å². The zero-order valence-electron chi connectivity index (χ0n) is 15.3. The normalized spacial score (nSPS) is 21.7. The van der Waals surface area contributed by atoms with Gasteiger partial charge < -0.3 is 0 Å². The summed E-state index contributed by atoms with van der Waals surface area (Å²) >= 11 is -2.22. The minimum atomic E-state index is -2.22. The van der Waals surface area contributed by atoms with E-state index < -0.39 is 18.4 Å². The summed E-state index contributed by atoms with van der Waals surface area (Å²) in [6, 6.07) is 10.6. The van der Waals surface area contributed by atoms with Crippen molar-refractivity contribution < 1.29 is 9.31 Å². The van der Waals surface area contributed by atoms with Gasteiger partial charge in [0, 0.05) is 0 Å². The van der Waals surface area contributed by atoms with Crippen LogP contribution in [0.1, 0.15) is 40.2 Å². The van der Waals surface area contributed by atoms with Crippen molar-refractivity contribution in [2.75, 3.05) is 0 Å². The first-order valence-corrected chi connectivity index (χ1v) is 18.1. The van der Waals surface area contributed by atoms with Gasteiger partial charge in [-0.05, 0) is 0 Å². The predicted molar refractivity (Wildman–Crippen MR) is 98.5 cm³/mol. The van der Waals surface area contributed by atoms with Crippen molar-refractivity contribution in [1.82, 2.24) is 0 Å². The van der Waals surface area contributed by atoms with Crippen LogP contribution in [0.5, 0.6) is 0 Å². The van der Waals surface area contributed by atoms with Crippen molar-refractivity contribution >= 4 is 31.0 Å². The van der Waals surface area contributed by atoms with Gasteiger partial charge in [0.05, 0.1) is 0 Å². The molecule has 0 aliphatic carbocycles. The van der Waals surface area contributed by atoms with Crippen molar-refractivity contribution in [2.24, 2.45) is 0 Å². The van der Waals surface area contributed by atoms with Crippen LogP contribution in [-0.4, -0.2) is 36.7 Å². The first-order chi connectivity index (χ1) is 9.96. The van der Waals surface area contributed by atoms with Crippen LogP contribution < -0.4 is 0 Å². The van der Waals surface area contributed by atoms with Crippen molar-refractivity contribution in [1.29, 1.82) is 0 Å².